The fraction of sp³-hybridized carbons (Fsp3) is 0.235. The first-order chi connectivity index (χ1) is 14.2. The number of benzene rings is 1. The molecule has 13 heteroatoms. The van der Waals surface area contributed by atoms with E-state index < -0.39 is 40.3 Å². The van der Waals surface area contributed by atoms with Gasteiger partial charge in [-0.25, -0.2) is 18.0 Å². The molecule has 0 atom stereocenters. The lowest BCUT2D eigenvalue weighted by molar-refractivity contribution is -0.113. The van der Waals surface area contributed by atoms with Gasteiger partial charge >= 0.3 is 5.69 Å². The lowest BCUT2D eigenvalue weighted by Gasteiger charge is -2.06. The Morgan fingerprint density at radius 2 is 1.97 bits per heavy atom. The van der Waals surface area contributed by atoms with E-state index in [0.29, 0.717) is 11.8 Å². The summed E-state index contributed by atoms with van der Waals surface area (Å²) in [7, 11) is 1.33. The number of hydrogen-bond acceptors (Lipinski definition) is 7. The maximum Gasteiger partial charge on any atom is 0.328 e. The van der Waals surface area contributed by atoms with Crippen LogP contribution in [-0.4, -0.2) is 31.4 Å². The van der Waals surface area contributed by atoms with Crippen LogP contribution in [0.15, 0.2) is 31.4 Å². The zero-order valence-electron chi connectivity index (χ0n) is 15.6. The second-order valence-corrected chi connectivity index (χ2v) is 7.02. The molecule has 1 aromatic carbocycles. The van der Waals surface area contributed by atoms with Crippen molar-refractivity contribution < 1.29 is 22.4 Å². The van der Waals surface area contributed by atoms with E-state index in [9.17, 15) is 27.6 Å². The summed E-state index contributed by atoms with van der Waals surface area (Å²) in [6.07, 6.45) is -0.0326. The first kappa shape index (κ1) is 21.4. The monoisotopic (exact) mass is 441 g/mol. The van der Waals surface area contributed by atoms with Gasteiger partial charge in [-0.05, 0) is 19.1 Å². The van der Waals surface area contributed by atoms with E-state index in [1.54, 1.807) is 6.92 Å². The van der Waals surface area contributed by atoms with Crippen LogP contribution in [0.3, 0.4) is 0 Å². The van der Waals surface area contributed by atoms with E-state index in [-0.39, 0.29) is 28.9 Å². The third kappa shape index (κ3) is 4.45. The molecule has 30 heavy (non-hydrogen) atoms. The van der Waals surface area contributed by atoms with E-state index in [0.717, 1.165) is 22.4 Å². The summed E-state index contributed by atoms with van der Waals surface area (Å²) in [5, 5.41) is 9.64. The highest BCUT2D eigenvalue weighted by Crippen LogP contribution is 2.21. The number of amides is 1. The van der Waals surface area contributed by atoms with Crippen LogP contribution in [0.5, 0.6) is 0 Å². The van der Waals surface area contributed by atoms with Gasteiger partial charge in [0.05, 0.1) is 17.9 Å². The number of anilines is 1. The smallest absolute Gasteiger partial charge is 0.328 e. The Balaban J connectivity index is 1.63. The Bertz CT molecular complexity index is 1240. The average Bonchev–Trinajstić information content (AvgIpc) is 3.16. The maximum atomic E-state index is 13.6. The minimum absolute atomic E-state index is 0.00445. The zero-order valence-corrected chi connectivity index (χ0v) is 16.4. The normalized spacial score (nSPS) is 11.0. The quantitative estimate of drug-likeness (QED) is 0.439. The van der Waals surface area contributed by atoms with Gasteiger partial charge in [-0.15, -0.1) is 10.2 Å². The van der Waals surface area contributed by atoms with E-state index in [2.05, 4.69) is 20.5 Å². The highest BCUT2D eigenvalue weighted by molar-refractivity contribution is 7.99. The van der Waals surface area contributed by atoms with Crippen molar-refractivity contribution in [2.45, 2.75) is 18.6 Å². The molecular weight excluding hydrogens is 427 g/mol. The molecule has 2 N–H and O–H groups in total. The van der Waals surface area contributed by atoms with Gasteiger partial charge in [-0.2, -0.15) is 0 Å². The summed E-state index contributed by atoms with van der Waals surface area (Å²) in [6, 6.07) is 1.59. The fourth-order valence-electron chi connectivity index (χ4n) is 2.44. The molecule has 3 aromatic rings. The molecule has 0 fully saturated rings. The van der Waals surface area contributed by atoms with Crippen molar-refractivity contribution in [2.75, 3.05) is 11.1 Å². The molecule has 0 saturated carbocycles. The Morgan fingerprint density at radius 3 is 2.70 bits per heavy atom. The van der Waals surface area contributed by atoms with Crippen molar-refractivity contribution in [1.29, 1.82) is 0 Å². The van der Waals surface area contributed by atoms with Gasteiger partial charge in [0.1, 0.15) is 0 Å². The minimum atomic E-state index is -1.69. The predicted molar refractivity (Wildman–Crippen MR) is 99.8 cm³/mol. The van der Waals surface area contributed by atoms with Crippen molar-refractivity contribution in [1.82, 2.24) is 19.7 Å². The van der Waals surface area contributed by atoms with Gasteiger partial charge in [-0.3, -0.25) is 14.2 Å². The second-order valence-electron chi connectivity index (χ2n) is 6.10. The molecule has 3 rings (SSSR count). The molecule has 0 aliphatic heterocycles. The highest BCUT2D eigenvalue weighted by atomic mass is 32.2. The number of aromatic nitrogens is 4. The van der Waals surface area contributed by atoms with E-state index in [4.69, 9.17) is 4.42 Å². The lowest BCUT2D eigenvalue weighted by Crippen LogP contribution is -2.36. The van der Waals surface area contributed by atoms with Crippen molar-refractivity contribution >= 4 is 23.4 Å². The Labute approximate surface area is 170 Å². The summed E-state index contributed by atoms with van der Waals surface area (Å²) in [6.45, 7) is 1.56. The van der Waals surface area contributed by atoms with E-state index in [1.165, 1.54) is 7.05 Å². The predicted octanol–water partition coefficient (Wildman–Crippen LogP) is 1.50. The van der Waals surface area contributed by atoms with Gasteiger partial charge < -0.3 is 14.7 Å². The highest BCUT2D eigenvalue weighted by Gasteiger charge is 2.17. The third-order valence-corrected chi connectivity index (χ3v) is 4.85. The van der Waals surface area contributed by atoms with Crippen LogP contribution in [0.1, 0.15) is 17.1 Å². The number of thioether (sulfide) groups is 1. The first-order valence-electron chi connectivity index (χ1n) is 8.34. The summed E-state index contributed by atoms with van der Waals surface area (Å²) >= 11 is 0.823. The molecular formula is C17H14F3N5O4S. The Hall–Kier alpha value is -3.35. The number of nitrogens with zero attached hydrogens (tertiary/aromatic N) is 3. The molecule has 0 saturated heterocycles. The lowest BCUT2D eigenvalue weighted by atomic mass is 10.2. The third-order valence-electron chi connectivity index (χ3n) is 4.03. The van der Waals surface area contributed by atoms with Crippen LogP contribution < -0.4 is 16.6 Å². The number of aryl methyl sites for hydroxylation is 1. The van der Waals surface area contributed by atoms with Crippen molar-refractivity contribution in [3.05, 3.63) is 67.6 Å². The number of nitrogens with one attached hydrogen (secondary N) is 2. The second kappa shape index (κ2) is 8.57. The van der Waals surface area contributed by atoms with Gasteiger partial charge in [0.15, 0.2) is 17.5 Å². The fourth-order valence-corrected chi connectivity index (χ4v) is 3.02. The number of aromatic amines is 1. The van der Waals surface area contributed by atoms with Crippen LogP contribution in [0.2, 0.25) is 0 Å². The topological polar surface area (TPSA) is 123 Å². The van der Waals surface area contributed by atoms with Gasteiger partial charge in [0.2, 0.25) is 11.8 Å². The van der Waals surface area contributed by atoms with Crippen molar-refractivity contribution in [3.63, 3.8) is 0 Å². The maximum absolute atomic E-state index is 13.6. The standard InChI is InChI=1S/C17H14F3N5O4S/c1-7-8(15(27)25(2)16(28)21-7)5-12-23-24-17(29-12)30-6-11(26)22-10-4-3-9(18)13(19)14(10)20/h3-4H,5-6H2,1-2H3,(H,21,28)(H,22,26). The molecule has 158 valence electrons. The average molecular weight is 441 g/mol. The van der Waals surface area contributed by atoms with Crippen LogP contribution in [0.25, 0.3) is 0 Å². The molecule has 1 amide bonds. The van der Waals surface area contributed by atoms with Gasteiger partial charge in [-0.1, -0.05) is 11.8 Å². The SMILES string of the molecule is Cc1[nH]c(=O)n(C)c(=O)c1Cc1nnc(SCC(=O)Nc2ccc(F)c(F)c2F)o1. The van der Waals surface area contributed by atoms with Gasteiger partial charge in [0, 0.05) is 18.3 Å². The molecule has 2 aromatic heterocycles. The number of carbonyl (C=O) groups excluding carboxylic acids is 1. The first-order valence-corrected chi connectivity index (χ1v) is 9.33. The van der Waals surface area contributed by atoms with Crippen LogP contribution in [0.4, 0.5) is 18.9 Å². The van der Waals surface area contributed by atoms with Crippen LogP contribution in [-0.2, 0) is 18.3 Å². The van der Waals surface area contributed by atoms with Gasteiger partial charge in [0.25, 0.3) is 10.8 Å². The molecule has 0 spiro atoms. The minimum Gasteiger partial charge on any atom is -0.416 e. The van der Waals surface area contributed by atoms with E-state index in [1.807, 2.05) is 0 Å². The number of rotatable bonds is 6. The van der Waals surface area contributed by atoms with Crippen molar-refractivity contribution in [3.8, 4) is 0 Å². The number of carbonyl (C=O) groups is 1. The number of hydrogen-bond donors (Lipinski definition) is 2. The summed E-state index contributed by atoms with van der Waals surface area (Å²) in [4.78, 5) is 38.2. The molecule has 0 aliphatic rings. The Kier molecular flexibility index (Phi) is 6.10. The number of halogens is 3. The molecule has 2 heterocycles. The number of H-pyrrole nitrogens is 1. The summed E-state index contributed by atoms with van der Waals surface area (Å²) in [5.41, 5.74) is -0.925. The summed E-state index contributed by atoms with van der Waals surface area (Å²) < 4.78 is 46.0. The molecule has 0 unspecified atom stereocenters. The van der Waals surface area contributed by atoms with Crippen molar-refractivity contribution in [2.24, 2.45) is 7.05 Å². The van der Waals surface area contributed by atoms with Crippen LogP contribution >= 0.6 is 11.8 Å². The molecule has 0 bridgehead atoms. The van der Waals surface area contributed by atoms with Crippen LogP contribution in [0, 0.1) is 24.4 Å². The zero-order chi connectivity index (χ0) is 22.0. The Morgan fingerprint density at radius 1 is 1.23 bits per heavy atom. The molecule has 0 aliphatic carbocycles. The summed E-state index contributed by atoms with van der Waals surface area (Å²) in [5.74, 6) is -5.48. The molecule has 9 nitrogen and oxygen atoms in total. The molecule has 0 radical (unpaired) electrons. The largest absolute Gasteiger partial charge is 0.416 e. The van der Waals surface area contributed by atoms with E-state index >= 15 is 0 Å².